The first-order chi connectivity index (χ1) is 29.2. The van der Waals surface area contributed by atoms with E-state index >= 15 is 0 Å². The van der Waals surface area contributed by atoms with Crippen LogP contribution in [0.25, 0.3) is 0 Å². The first-order valence-corrected chi connectivity index (χ1v) is 26.5. The minimum Gasteiger partial charge on any atom is -0.465 e. The third kappa shape index (κ3) is 19.8. The van der Waals surface area contributed by atoms with Gasteiger partial charge in [-0.05, 0) is 85.5 Å². The molecule has 1 unspecified atom stereocenters. The van der Waals surface area contributed by atoms with Crippen molar-refractivity contribution in [2.45, 2.75) is 194 Å². The zero-order valence-corrected chi connectivity index (χ0v) is 39.9. The average molecular weight is 843 g/mol. The summed E-state index contributed by atoms with van der Waals surface area (Å²) in [5.41, 5.74) is 0. The van der Waals surface area contributed by atoms with Crippen molar-refractivity contribution in [2.75, 3.05) is 19.8 Å². The van der Waals surface area contributed by atoms with Crippen LogP contribution in [0.1, 0.15) is 189 Å². The van der Waals surface area contributed by atoms with E-state index in [-0.39, 0.29) is 34.7 Å². The van der Waals surface area contributed by atoms with Gasteiger partial charge >= 0.3 is 11.9 Å². The van der Waals surface area contributed by atoms with Crippen LogP contribution < -0.4 is 10.4 Å². The molecule has 3 atom stereocenters. The molecular weight excluding hydrogens is 757 g/mol. The molecule has 1 fully saturated rings. The van der Waals surface area contributed by atoms with Crippen molar-refractivity contribution in [3.8, 4) is 0 Å². The molecule has 0 radical (unpaired) electrons. The van der Waals surface area contributed by atoms with E-state index < -0.39 is 8.32 Å². The van der Waals surface area contributed by atoms with Crippen molar-refractivity contribution in [2.24, 2.45) is 17.8 Å². The van der Waals surface area contributed by atoms with E-state index in [0.717, 1.165) is 51.4 Å². The number of rotatable bonds is 35. The molecule has 0 heterocycles. The molecule has 0 spiro atoms. The Morgan fingerprint density at radius 2 is 0.817 bits per heavy atom. The van der Waals surface area contributed by atoms with Gasteiger partial charge in [0.25, 0.3) is 8.32 Å². The Balaban J connectivity index is 1.48. The minimum atomic E-state index is -2.73. The second-order valence-electron chi connectivity index (χ2n) is 18.6. The number of hydrogen-bond donors (Lipinski definition) is 0. The number of hydrogen-bond acceptors (Lipinski definition) is 5. The zero-order chi connectivity index (χ0) is 43.2. The van der Waals surface area contributed by atoms with Gasteiger partial charge in [0.1, 0.15) is 0 Å². The first-order valence-electron chi connectivity index (χ1n) is 24.6. The fourth-order valence-corrected chi connectivity index (χ4v) is 13.3. The van der Waals surface area contributed by atoms with Gasteiger partial charge in [-0.2, -0.15) is 0 Å². The molecule has 0 saturated heterocycles. The Morgan fingerprint density at radius 1 is 0.483 bits per heavy atom. The van der Waals surface area contributed by atoms with Crippen molar-refractivity contribution >= 4 is 30.6 Å². The van der Waals surface area contributed by atoms with Gasteiger partial charge in [0.2, 0.25) is 0 Å². The first kappa shape index (κ1) is 51.4. The summed E-state index contributed by atoms with van der Waals surface area (Å²) < 4.78 is 19.2. The zero-order valence-electron chi connectivity index (χ0n) is 38.9. The Bertz CT molecular complexity index is 1350. The van der Waals surface area contributed by atoms with Gasteiger partial charge in [0.05, 0.1) is 13.2 Å². The number of carbonyl (C=O) groups is 2. The quantitative estimate of drug-likeness (QED) is 0.0299. The lowest BCUT2D eigenvalue weighted by Gasteiger charge is -2.43. The van der Waals surface area contributed by atoms with Crippen molar-refractivity contribution in [3.05, 3.63) is 85.0 Å². The van der Waals surface area contributed by atoms with Crippen LogP contribution in [0, 0.1) is 17.8 Å². The Morgan fingerprint density at radius 3 is 1.18 bits per heavy atom. The Kier molecular flexibility index (Phi) is 26.5. The SMILES string of the molecule is CCCCCC/C=C/CCCCCCCC(=O)OC[C@@H]1C(CO[Si](c2ccccc2)(c2ccccc2)C(C)(C)C)[C@@H]1COC(=O)CCCCCCC/C=C/CCCCCC. The summed E-state index contributed by atoms with van der Waals surface area (Å²) in [4.78, 5) is 25.9. The van der Waals surface area contributed by atoms with Crippen LogP contribution in [0.5, 0.6) is 0 Å². The maximum Gasteiger partial charge on any atom is 0.305 e. The molecule has 0 aromatic heterocycles. The highest BCUT2D eigenvalue weighted by Crippen LogP contribution is 2.48. The molecule has 0 N–H and O–H groups in total. The van der Waals surface area contributed by atoms with Crippen LogP contribution in [0.15, 0.2) is 85.0 Å². The van der Waals surface area contributed by atoms with Gasteiger partial charge in [-0.1, -0.05) is 197 Å². The number of benzene rings is 2. The van der Waals surface area contributed by atoms with Gasteiger partial charge in [0.15, 0.2) is 0 Å². The molecule has 3 rings (SSSR count). The summed E-state index contributed by atoms with van der Waals surface area (Å²) in [6, 6.07) is 21.5. The van der Waals surface area contributed by atoms with Gasteiger partial charge in [-0.25, -0.2) is 0 Å². The van der Waals surface area contributed by atoms with Crippen LogP contribution in [0.4, 0.5) is 0 Å². The molecule has 1 saturated carbocycles. The number of ether oxygens (including phenoxy) is 2. The van der Waals surface area contributed by atoms with Crippen LogP contribution >= 0.6 is 0 Å². The molecule has 0 amide bonds. The van der Waals surface area contributed by atoms with E-state index in [2.05, 4.69) is 120 Å². The lowest BCUT2D eigenvalue weighted by atomic mass is 10.1. The average Bonchev–Trinajstić information content (AvgIpc) is 3.93. The summed E-state index contributed by atoms with van der Waals surface area (Å²) in [5, 5.41) is 2.36. The van der Waals surface area contributed by atoms with E-state index in [0.29, 0.717) is 32.7 Å². The fraction of sp³-hybridized carbons (Fsp3) is 0.667. The van der Waals surface area contributed by atoms with Gasteiger partial charge in [-0.15, -0.1) is 0 Å². The molecule has 0 aliphatic heterocycles. The van der Waals surface area contributed by atoms with Crippen LogP contribution in [-0.4, -0.2) is 40.1 Å². The highest BCUT2D eigenvalue weighted by Gasteiger charge is 2.55. The molecule has 60 heavy (non-hydrogen) atoms. The molecule has 1 aliphatic carbocycles. The Labute approximate surface area is 369 Å². The van der Waals surface area contributed by atoms with Crippen LogP contribution in [0.3, 0.4) is 0 Å². The normalized spacial score (nSPS) is 16.8. The number of unbranched alkanes of at least 4 members (excludes halogenated alkanes) is 18. The van der Waals surface area contributed by atoms with E-state index in [1.165, 1.54) is 100 Å². The minimum absolute atomic E-state index is 0.116. The van der Waals surface area contributed by atoms with Crippen molar-refractivity contribution < 1.29 is 23.5 Å². The molecule has 6 heteroatoms. The summed E-state index contributed by atoms with van der Waals surface area (Å²) in [5.74, 6) is 0.153. The van der Waals surface area contributed by atoms with Crippen molar-refractivity contribution in [3.63, 3.8) is 0 Å². The van der Waals surface area contributed by atoms with Gasteiger partial charge < -0.3 is 13.9 Å². The standard InChI is InChI=1S/C54H86O5Si/c1-6-8-10-12-14-16-18-20-22-24-26-28-36-42-52(55)57-44-49-50(45-58-53(56)43-37-29-27-25-23-21-19-17-15-13-11-9-7-2)51(49)46-59-60(54(3,4)5,47-38-32-30-33-39-47)48-40-34-31-35-41-48/h16-19,30-35,38-41,49-51H,6-15,20-29,36-37,42-46H2,1-5H3/b18-16+,19-17+/t49-,50+,51?. The largest absolute Gasteiger partial charge is 0.465 e. The van der Waals surface area contributed by atoms with E-state index in [9.17, 15) is 9.59 Å². The summed E-state index contributed by atoms with van der Waals surface area (Å²) >= 11 is 0. The molecule has 0 bridgehead atoms. The predicted octanol–water partition coefficient (Wildman–Crippen LogP) is 14.0. The van der Waals surface area contributed by atoms with Crippen LogP contribution in [0.2, 0.25) is 5.04 Å². The molecule has 2 aromatic rings. The number of esters is 2. The van der Waals surface area contributed by atoms with Crippen LogP contribution in [-0.2, 0) is 23.5 Å². The molecule has 2 aromatic carbocycles. The van der Waals surface area contributed by atoms with Crippen molar-refractivity contribution in [1.82, 2.24) is 0 Å². The topological polar surface area (TPSA) is 61.8 Å². The molecule has 1 aliphatic rings. The lowest BCUT2D eigenvalue weighted by molar-refractivity contribution is -0.146. The monoisotopic (exact) mass is 843 g/mol. The predicted molar refractivity (Wildman–Crippen MR) is 256 cm³/mol. The fourth-order valence-electron chi connectivity index (χ4n) is 8.74. The van der Waals surface area contributed by atoms with E-state index in [1.54, 1.807) is 0 Å². The third-order valence-corrected chi connectivity index (χ3v) is 17.6. The van der Waals surface area contributed by atoms with Gasteiger partial charge in [0, 0.05) is 31.3 Å². The van der Waals surface area contributed by atoms with E-state index in [1.807, 2.05) is 0 Å². The number of carbonyl (C=O) groups excluding carboxylic acids is 2. The smallest absolute Gasteiger partial charge is 0.305 e. The van der Waals surface area contributed by atoms with Gasteiger partial charge in [-0.3, -0.25) is 9.59 Å². The second kappa shape index (κ2) is 31.0. The second-order valence-corrected chi connectivity index (χ2v) is 22.9. The summed E-state index contributed by atoms with van der Waals surface area (Å²) in [6.45, 7) is 12.7. The lowest BCUT2D eigenvalue weighted by Crippen LogP contribution is -2.66. The maximum absolute atomic E-state index is 12.9. The summed E-state index contributed by atoms with van der Waals surface area (Å²) in [6.07, 6.45) is 36.7. The highest BCUT2D eigenvalue weighted by molar-refractivity contribution is 6.99. The molecule has 336 valence electrons. The Hall–Kier alpha value is -2.96. The van der Waals surface area contributed by atoms with E-state index in [4.69, 9.17) is 13.9 Å². The number of allylic oxidation sites excluding steroid dienone is 4. The third-order valence-electron chi connectivity index (χ3n) is 12.6. The van der Waals surface area contributed by atoms with Crippen molar-refractivity contribution in [1.29, 1.82) is 0 Å². The maximum atomic E-state index is 12.9. The molecular formula is C54H86O5Si. The summed E-state index contributed by atoms with van der Waals surface area (Å²) in [7, 11) is -2.73. The highest BCUT2D eigenvalue weighted by atomic mass is 28.4. The molecule has 5 nitrogen and oxygen atoms in total.